The van der Waals surface area contributed by atoms with Gasteiger partial charge in [0.1, 0.15) is 0 Å². The van der Waals surface area contributed by atoms with E-state index in [1.807, 2.05) is 11.3 Å². The van der Waals surface area contributed by atoms with Crippen molar-refractivity contribution >= 4 is 11.3 Å². The Morgan fingerprint density at radius 1 is 0.658 bits per heavy atom. The molecule has 4 aromatic rings. The van der Waals surface area contributed by atoms with Gasteiger partial charge in [0.05, 0.1) is 16.5 Å². The molecule has 1 aromatic heterocycles. The van der Waals surface area contributed by atoms with Crippen LogP contribution in [-0.4, -0.2) is 4.98 Å². The van der Waals surface area contributed by atoms with E-state index in [2.05, 4.69) is 112 Å². The average molecular weight is 550 g/mol. The molecule has 1 aliphatic rings. The van der Waals surface area contributed by atoms with Gasteiger partial charge in [-0.1, -0.05) is 91.0 Å². The van der Waals surface area contributed by atoms with Gasteiger partial charge in [-0.05, 0) is 56.7 Å². The molecule has 0 unspecified atom stereocenters. The van der Waals surface area contributed by atoms with Crippen LogP contribution in [0.2, 0.25) is 0 Å². The molecule has 7 heteroatoms. The molecule has 1 heterocycles. The molecule has 0 spiro atoms. The summed E-state index contributed by atoms with van der Waals surface area (Å²) in [7, 11) is -4.94. The summed E-state index contributed by atoms with van der Waals surface area (Å²) < 4.78 is 34.0. The van der Waals surface area contributed by atoms with Crippen molar-refractivity contribution in [3.63, 3.8) is 0 Å². The Kier molecular flexibility index (Phi) is 8.62. The van der Waals surface area contributed by atoms with E-state index >= 15 is 0 Å². The molecule has 0 amide bonds. The Labute approximate surface area is 230 Å². The largest absolute Gasteiger partial charge is 0.305 e. The lowest BCUT2D eigenvalue weighted by Crippen LogP contribution is -2.68. The predicted molar refractivity (Wildman–Crippen MR) is 140 cm³/mol. The van der Waals surface area contributed by atoms with Gasteiger partial charge in [-0.2, -0.15) is 4.98 Å². The Morgan fingerprint density at radius 2 is 1.05 bits per heavy atom. The summed E-state index contributed by atoms with van der Waals surface area (Å²) in [6.07, 6.45) is 4.77. The van der Waals surface area contributed by atoms with Crippen LogP contribution in [0.4, 0.5) is 0 Å². The molecule has 5 nitrogen and oxygen atoms in total. The van der Waals surface area contributed by atoms with Crippen LogP contribution >= 0.6 is 11.3 Å². The highest BCUT2D eigenvalue weighted by Gasteiger charge is 2.45. The van der Waals surface area contributed by atoms with Crippen molar-refractivity contribution in [1.29, 1.82) is 0 Å². The average Bonchev–Trinajstić information content (AvgIpc) is 2.89. The van der Waals surface area contributed by atoms with E-state index in [0.29, 0.717) is 0 Å². The Bertz CT molecular complexity index is 1240. The van der Waals surface area contributed by atoms with Crippen LogP contribution in [0.5, 0.6) is 0 Å². The van der Waals surface area contributed by atoms with Crippen LogP contribution in [0, 0.1) is 10.2 Å². The summed E-state index contributed by atoms with van der Waals surface area (Å²) in [4.78, 5) is 7.11. The van der Waals surface area contributed by atoms with Gasteiger partial charge in [-0.15, -0.1) is 10.2 Å². The molecule has 0 aliphatic heterocycles. The summed E-state index contributed by atoms with van der Waals surface area (Å²) >= 11 is 1.94. The number of aromatic nitrogens is 1. The lowest BCUT2D eigenvalue weighted by Gasteiger charge is -2.37. The van der Waals surface area contributed by atoms with Crippen molar-refractivity contribution in [2.24, 2.45) is 0 Å². The molecule has 0 bridgehead atoms. The standard InChI is InChI=1S/C31H32NS.ClHO4/c1-30(2,3)29-32-28(26-21-13-14-22-27(26)33-29)31(23-15-7-4-8-16-23,24-17-9-5-10-18-24)25-19-11-6-12-20-25;2-1(3,4)5/h4-12,15-20H,13-14,21-22H2,1-3H3;(H,2,3,4,5)/q+1;/p-1. The molecule has 1 aliphatic carbocycles. The predicted octanol–water partition coefficient (Wildman–Crippen LogP) is 3.23. The Morgan fingerprint density at radius 3 is 1.45 bits per heavy atom. The topological polar surface area (TPSA) is 105 Å². The van der Waals surface area contributed by atoms with Crippen LogP contribution in [0.25, 0.3) is 0 Å². The van der Waals surface area contributed by atoms with Gasteiger partial charge in [-0.25, -0.2) is 18.6 Å². The molecule has 0 saturated carbocycles. The van der Waals surface area contributed by atoms with Crippen molar-refractivity contribution in [3.8, 4) is 0 Å². The number of benzene rings is 3. The highest BCUT2D eigenvalue weighted by atomic mass is 35.7. The normalized spacial score (nSPS) is 13.8. The molecular formula is C31H32ClNO4S. The molecule has 0 saturated heterocycles. The van der Waals surface area contributed by atoms with Gasteiger partial charge in [-0.3, -0.25) is 0 Å². The first-order valence-corrected chi connectivity index (χ1v) is 14.7. The third-order valence-corrected chi connectivity index (χ3v) is 8.35. The quantitative estimate of drug-likeness (QED) is 0.287. The number of halogens is 1. The van der Waals surface area contributed by atoms with Crippen LogP contribution in [-0.2, 0) is 23.7 Å². The fourth-order valence-electron chi connectivity index (χ4n) is 5.15. The third kappa shape index (κ3) is 6.29. The van der Waals surface area contributed by atoms with E-state index in [4.69, 9.17) is 23.6 Å². The second-order valence-electron chi connectivity index (χ2n) is 10.5. The van der Waals surface area contributed by atoms with Gasteiger partial charge in [0.25, 0.3) is 0 Å². The maximum atomic E-state index is 8.49. The van der Waals surface area contributed by atoms with E-state index in [1.165, 1.54) is 50.7 Å². The zero-order valence-corrected chi connectivity index (χ0v) is 23.4. The highest BCUT2D eigenvalue weighted by Crippen LogP contribution is 2.48. The van der Waals surface area contributed by atoms with E-state index in [0.717, 1.165) is 12.8 Å². The Hall–Kier alpha value is -2.71. The molecule has 38 heavy (non-hydrogen) atoms. The maximum absolute atomic E-state index is 8.49. The fourth-order valence-corrected chi connectivity index (χ4v) is 6.40. The molecule has 3 aromatic carbocycles. The minimum Gasteiger partial charge on any atom is -0.222 e. The van der Waals surface area contributed by atoms with E-state index in [9.17, 15) is 0 Å². The SMILES string of the molecule is CC(C)(C)c1nc(C(c2ccccc2)(c2ccccc2)c2ccccc2)c2c([s+]1)CCCC2.[O-][Cl+3]([O-])([O-])[O-]. The van der Waals surface area contributed by atoms with Crippen molar-refractivity contribution in [1.82, 2.24) is 4.98 Å². The molecular weight excluding hydrogens is 518 g/mol. The van der Waals surface area contributed by atoms with E-state index in [-0.39, 0.29) is 5.41 Å². The first-order chi connectivity index (χ1) is 18.0. The van der Waals surface area contributed by atoms with Crippen LogP contribution in [0.15, 0.2) is 91.0 Å². The molecule has 0 N–H and O–H groups in total. The molecule has 0 atom stereocenters. The second-order valence-corrected chi connectivity index (χ2v) is 12.3. The lowest BCUT2D eigenvalue weighted by atomic mass is 9.65. The number of aryl methyl sites for hydroxylation is 1. The van der Waals surface area contributed by atoms with Crippen LogP contribution < -0.4 is 18.6 Å². The van der Waals surface area contributed by atoms with Gasteiger partial charge in [0.2, 0.25) is 16.2 Å². The summed E-state index contributed by atoms with van der Waals surface area (Å²) in [5.41, 5.74) is 6.07. The summed E-state index contributed by atoms with van der Waals surface area (Å²) in [6.45, 7) is 6.88. The number of hydrogen-bond acceptors (Lipinski definition) is 5. The lowest BCUT2D eigenvalue weighted by molar-refractivity contribution is -2.00. The number of rotatable bonds is 4. The van der Waals surface area contributed by atoms with Crippen molar-refractivity contribution in [2.75, 3.05) is 0 Å². The van der Waals surface area contributed by atoms with E-state index < -0.39 is 15.7 Å². The van der Waals surface area contributed by atoms with Gasteiger partial charge in [0.15, 0.2) is 0 Å². The molecule has 0 fully saturated rings. The van der Waals surface area contributed by atoms with Gasteiger partial charge < -0.3 is 0 Å². The summed E-state index contributed by atoms with van der Waals surface area (Å²) in [5, 5.41) is 1.23. The third-order valence-electron chi connectivity index (χ3n) is 6.75. The van der Waals surface area contributed by atoms with Crippen molar-refractivity contribution < 1.29 is 28.9 Å². The fraction of sp³-hybridized carbons (Fsp3) is 0.290. The van der Waals surface area contributed by atoms with Crippen molar-refractivity contribution in [3.05, 3.63) is 129 Å². The highest BCUT2D eigenvalue weighted by molar-refractivity contribution is 7.11. The first-order valence-electron chi connectivity index (χ1n) is 12.7. The molecule has 5 rings (SSSR count). The number of hydrogen-bond donors (Lipinski definition) is 0. The van der Waals surface area contributed by atoms with E-state index in [1.54, 1.807) is 0 Å². The van der Waals surface area contributed by atoms with Crippen molar-refractivity contribution in [2.45, 2.75) is 57.3 Å². The zero-order chi connectivity index (χ0) is 27.4. The minimum atomic E-state index is -4.94. The second kappa shape index (κ2) is 11.6. The number of fused-ring (bicyclic) bond motifs is 1. The van der Waals surface area contributed by atoms with Crippen LogP contribution in [0.1, 0.15) is 71.4 Å². The summed E-state index contributed by atoms with van der Waals surface area (Å²) in [6, 6.07) is 33.0. The maximum Gasteiger partial charge on any atom is 0.305 e. The van der Waals surface area contributed by atoms with Gasteiger partial charge in [0, 0.05) is 12.0 Å². The van der Waals surface area contributed by atoms with Gasteiger partial charge >= 0.3 is 5.01 Å². The van der Waals surface area contributed by atoms with Crippen LogP contribution in [0.3, 0.4) is 0 Å². The first kappa shape index (κ1) is 28.3. The minimum absolute atomic E-state index is 0.00168. The number of nitrogens with zero attached hydrogens (tertiary/aromatic N) is 1. The monoisotopic (exact) mass is 549 g/mol. The Balaban J connectivity index is 0.000000617. The zero-order valence-electron chi connectivity index (χ0n) is 21.9. The summed E-state index contributed by atoms with van der Waals surface area (Å²) in [5.74, 6) is 0. The smallest absolute Gasteiger partial charge is 0.222 e. The molecule has 198 valence electrons. The molecule has 0 radical (unpaired) electrons.